The molecule has 26 heavy (non-hydrogen) atoms. The second kappa shape index (κ2) is 7.49. The molecule has 0 unspecified atom stereocenters. The zero-order chi connectivity index (χ0) is 18.7. The van der Waals surface area contributed by atoms with Crippen LogP contribution in [0, 0.1) is 0 Å². The predicted octanol–water partition coefficient (Wildman–Crippen LogP) is 1.88. The van der Waals surface area contributed by atoms with Crippen molar-refractivity contribution >= 4 is 29.0 Å². The third-order valence-electron chi connectivity index (χ3n) is 3.90. The highest BCUT2D eigenvalue weighted by molar-refractivity contribution is 6.30. The summed E-state index contributed by atoms with van der Waals surface area (Å²) in [5.41, 5.74) is 6.75. The number of halogens is 1. The normalized spacial score (nSPS) is 13.5. The van der Waals surface area contributed by atoms with E-state index in [4.69, 9.17) is 22.1 Å². The van der Waals surface area contributed by atoms with Crippen LogP contribution in [-0.2, 0) is 17.7 Å². The van der Waals surface area contributed by atoms with Crippen LogP contribution in [-0.4, -0.2) is 34.1 Å². The van der Waals surface area contributed by atoms with E-state index < -0.39 is 0 Å². The highest BCUT2D eigenvalue weighted by Gasteiger charge is 2.21. The summed E-state index contributed by atoms with van der Waals surface area (Å²) in [6.45, 7) is 4.59. The Morgan fingerprint density at radius 3 is 2.77 bits per heavy atom. The number of hydrazone groups is 1. The van der Waals surface area contributed by atoms with Crippen molar-refractivity contribution < 1.29 is 4.74 Å². The Hall–Kier alpha value is -3.00. The van der Waals surface area contributed by atoms with Gasteiger partial charge in [0, 0.05) is 18.6 Å². The minimum absolute atomic E-state index is 0.136. The zero-order valence-corrected chi connectivity index (χ0v) is 15.0. The summed E-state index contributed by atoms with van der Waals surface area (Å²) in [5.74, 6) is 0.929. The molecule has 0 amide bonds. The maximum atomic E-state index is 12.3. The Bertz CT molecular complexity index is 906. The fraction of sp³-hybridized carbons (Fsp3) is 0.235. The van der Waals surface area contributed by atoms with Gasteiger partial charge >= 0.3 is 0 Å². The second-order valence-corrected chi connectivity index (χ2v) is 6.11. The third kappa shape index (κ3) is 3.80. The van der Waals surface area contributed by atoms with Crippen LogP contribution in [0.3, 0.4) is 0 Å². The lowest BCUT2D eigenvalue weighted by Crippen LogP contribution is -2.27. The number of benzene rings is 1. The second-order valence-electron chi connectivity index (χ2n) is 5.68. The van der Waals surface area contributed by atoms with E-state index in [-0.39, 0.29) is 23.6 Å². The first-order chi connectivity index (χ1) is 12.5. The van der Waals surface area contributed by atoms with E-state index in [0.29, 0.717) is 23.3 Å². The van der Waals surface area contributed by atoms with Crippen molar-refractivity contribution in [3.05, 3.63) is 64.0 Å². The zero-order valence-electron chi connectivity index (χ0n) is 14.3. The summed E-state index contributed by atoms with van der Waals surface area (Å²) in [7, 11) is 1.61. The van der Waals surface area contributed by atoms with Crippen molar-refractivity contribution in [3.63, 3.8) is 0 Å². The Balaban J connectivity index is 1.68. The molecule has 0 spiro atoms. The topological polar surface area (TPSA) is 97.8 Å². The maximum absolute atomic E-state index is 12.3. The number of anilines is 2. The molecule has 3 rings (SSSR count). The van der Waals surface area contributed by atoms with Crippen molar-refractivity contribution in [3.8, 4) is 0 Å². The Morgan fingerprint density at radius 2 is 2.08 bits per heavy atom. The van der Waals surface area contributed by atoms with Crippen LogP contribution in [0.2, 0.25) is 5.02 Å². The van der Waals surface area contributed by atoms with Crippen LogP contribution >= 0.6 is 11.6 Å². The first-order valence-corrected chi connectivity index (χ1v) is 8.34. The van der Waals surface area contributed by atoms with Gasteiger partial charge in [-0.15, -0.1) is 5.10 Å². The standard InChI is InChI=1S/C17H19ClN6O2/c1-11-24(8-7-12-3-5-13(18)6-4-12)22-14(26-11)9-23-10-21-16(19)15(20-2)17(23)25/h3-6,10,20H,1,7-9,19H2,2H3. The SMILES string of the molecule is C=C1OC(Cn2cnc(N)c(NC)c2=O)=NN1CCc1ccc(Cl)cc1. The smallest absolute Gasteiger partial charge is 0.279 e. The summed E-state index contributed by atoms with van der Waals surface area (Å²) >= 11 is 5.89. The van der Waals surface area contributed by atoms with Crippen LogP contribution in [0.25, 0.3) is 0 Å². The number of hydrogen-bond donors (Lipinski definition) is 2. The Kier molecular flexibility index (Phi) is 5.13. The van der Waals surface area contributed by atoms with Gasteiger partial charge in [0.25, 0.3) is 5.56 Å². The molecule has 3 N–H and O–H groups in total. The number of nitrogen functional groups attached to an aromatic ring is 1. The number of rotatable bonds is 6. The molecular formula is C17H19ClN6O2. The van der Waals surface area contributed by atoms with Crippen LogP contribution < -0.4 is 16.6 Å². The number of hydrogen-bond acceptors (Lipinski definition) is 7. The minimum atomic E-state index is -0.295. The molecule has 2 aromatic rings. The summed E-state index contributed by atoms with van der Waals surface area (Å²) in [6, 6.07) is 7.62. The van der Waals surface area contributed by atoms with E-state index in [9.17, 15) is 4.79 Å². The van der Waals surface area contributed by atoms with Gasteiger partial charge < -0.3 is 15.8 Å². The molecule has 8 nitrogen and oxygen atoms in total. The van der Waals surface area contributed by atoms with E-state index in [0.717, 1.165) is 12.0 Å². The van der Waals surface area contributed by atoms with Crippen LogP contribution in [0.4, 0.5) is 11.5 Å². The highest BCUT2D eigenvalue weighted by atomic mass is 35.5. The third-order valence-corrected chi connectivity index (χ3v) is 4.16. The fourth-order valence-electron chi connectivity index (χ4n) is 2.52. The van der Waals surface area contributed by atoms with Gasteiger partial charge in [-0.25, -0.2) is 9.99 Å². The largest absolute Gasteiger partial charge is 0.422 e. The van der Waals surface area contributed by atoms with E-state index in [1.54, 1.807) is 12.1 Å². The molecule has 0 bridgehead atoms. The van der Waals surface area contributed by atoms with Crippen LogP contribution in [0.15, 0.2) is 53.0 Å². The van der Waals surface area contributed by atoms with Crippen LogP contribution in [0.1, 0.15) is 5.56 Å². The molecule has 0 aliphatic carbocycles. The molecule has 1 aliphatic rings. The number of nitrogens with one attached hydrogen (secondary N) is 1. The fourth-order valence-corrected chi connectivity index (χ4v) is 2.65. The van der Waals surface area contributed by atoms with Crippen molar-refractivity contribution in [1.29, 1.82) is 0 Å². The molecule has 0 fully saturated rings. The van der Waals surface area contributed by atoms with Gasteiger partial charge in [-0.05, 0) is 30.7 Å². The Morgan fingerprint density at radius 1 is 1.35 bits per heavy atom. The molecule has 0 radical (unpaired) electrons. The van der Waals surface area contributed by atoms with Crippen molar-refractivity contribution in [2.24, 2.45) is 5.10 Å². The van der Waals surface area contributed by atoms with Gasteiger partial charge in [-0.2, -0.15) is 0 Å². The number of ether oxygens (including phenoxy) is 1. The molecule has 1 aromatic carbocycles. The number of nitrogens with two attached hydrogens (primary N) is 1. The number of nitrogens with zero attached hydrogens (tertiary/aromatic N) is 4. The molecule has 136 valence electrons. The van der Waals surface area contributed by atoms with E-state index in [1.807, 2.05) is 24.3 Å². The molecule has 0 saturated carbocycles. The molecule has 9 heteroatoms. The molecule has 1 aromatic heterocycles. The Labute approximate surface area is 155 Å². The average Bonchev–Trinajstić information content (AvgIpc) is 2.97. The van der Waals surface area contributed by atoms with E-state index in [2.05, 4.69) is 22.0 Å². The highest BCUT2D eigenvalue weighted by Crippen LogP contribution is 2.17. The molecule has 2 heterocycles. The quantitative estimate of drug-likeness (QED) is 0.801. The van der Waals surface area contributed by atoms with Crippen molar-refractivity contribution in [2.45, 2.75) is 13.0 Å². The molecule has 0 saturated heterocycles. The predicted molar refractivity (Wildman–Crippen MR) is 102 cm³/mol. The van der Waals surface area contributed by atoms with E-state index >= 15 is 0 Å². The first-order valence-electron chi connectivity index (χ1n) is 7.97. The molecular weight excluding hydrogens is 356 g/mol. The summed E-state index contributed by atoms with van der Waals surface area (Å²) in [5, 5.41) is 9.49. The van der Waals surface area contributed by atoms with Gasteiger partial charge in [-0.1, -0.05) is 23.7 Å². The van der Waals surface area contributed by atoms with Gasteiger partial charge in [0.15, 0.2) is 5.82 Å². The van der Waals surface area contributed by atoms with Gasteiger partial charge in [0.2, 0.25) is 11.8 Å². The van der Waals surface area contributed by atoms with Gasteiger partial charge in [0.05, 0.1) is 0 Å². The summed E-state index contributed by atoms with van der Waals surface area (Å²) in [4.78, 5) is 16.3. The van der Waals surface area contributed by atoms with Crippen molar-refractivity contribution in [2.75, 3.05) is 24.6 Å². The molecule has 1 aliphatic heterocycles. The van der Waals surface area contributed by atoms with Gasteiger partial charge in [0.1, 0.15) is 18.6 Å². The van der Waals surface area contributed by atoms with Crippen molar-refractivity contribution in [1.82, 2.24) is 14.6 Å². The minimum Gasteiger partial charge on any atom is -0.422 e. The van der Waals surface area contributed by atoms with Gasteiger partial charge in [-0.3, -0.25) is 9.36 Å². The monoisotopic (exact) mass is 374 g/mol. The number of aromatic nitrogens is 2. The van der Waals surface area contributed by atoms with Crippen LogP contribution in [0.5, 0.6) is 0 Å². The first kappa shape index (κ1) is 17.8. The average molecular weight is 375 g/mol. The summed E-state index contributed by atoms with van der Waals surface area (Å²) in [6.07, 6.45) is 2.12. The molecule has 0 atom stereocenters. The maximum Gasteiger partial charge on any atom is 0.279 e. The lowest BCUT2D eigenvalue weighted by Gasteiger charge is -2.12. The van der Waals surface area contributed by atoms with E-state index in [1.165, 1.54) is 10.9 Å². The summed E-state index contributed by atoms with van der Waals surface area (Å²) < 4.78 is 6.94. The lowest BCUT2D eigenvalue weighted by atomic mass is 10.1. The lowest BCUT2D eigenvalue weighted by molar-refractivity contribution is 0.269.